The maximum Gasteiger partial charge on any atom is 0.245 e. The van der Waals surface area contributed by atoms with Gasteiger partial charge in [-0.25, -0.2) is 0 Å². The van der Waals surface area contributed by atoms with Crippen molar-refractivity contribution in [3.63, 3.8) is 0 Å². The van der Waals surface area contributed by atoms with E-state index in [1.807, 2.05) is 18.2 Å². The van der Waals surface area contributed by atoms with E-state index < -0.39 is 34.3 Å². The lowest BCUT2D eigenvalue weighted by Crippen LogP contribution is -2.56. The van der Waals surface area contributed by atoms with Gasteiger partial charge in [0.05, 0.1) is 18.2 Å². The maximum absolute atomic E-state index is 12.5. The van der Waals surface area contributed by atoms with E-state index >= 15 is 0 Å². The third kappa shape index (κ3) is 1.55. The zero-order chi connectivity index (χ0) is 16.9. The van der Waals surface area contributed by atoms with Crippen molar-refractivity contribution >= 4 is 5.91 Å². The number of aliphatic hydroxyl groups is 1. The first-order valence-corrected chi connectivity index (χ1v) is 7.24. The molecule has 1 aromatic carbocycles. The summed E-state index contributed by atoms with van der Waals surface area (Å²) in [5, 5.41) is 42.6. The van der Waals surface area contributed by atoms with Crippen LogP contribution in [0.1, 0.15) is 24.8 Å². The highest BCUT2D eigenvalue weighted by Gasteiger charge is 2.76. The zero-order valence-electron chi connectivity index (χ0n) is 12.4. The molecule has 1 aliphatic heterocycles. The van der Waals surface area contributed by atoms with Crippen molar-refractivity contribution < 1.29 is 9.90 Å². The molecule has 23 heavy (non-hydrogen) atoms. The van der Waals surface area contributed by atoms with Crippen molar-refractivity contribution in [2.45, 2.75) is 25.0 Å². The summed E-state index contributed by atoms with van der Waals surface area (Å²) in [5.74, 6) is -2.12. The van der Waals surface area contributed by atoms with Gasteiger partial charge in [-0.1, -0.05) is 37.3 Å². The van der Waals surface area contributed by atoms with Crippen molar-refractivity contribution in [2.24, 2.45) is 16.7 Å². The number of nitrogens with zero attached hydrogens (tertiary/aromatic N) is 3. The summed E-state index contributed by atoms with van der Waals surface area (Å²) in [6.07, 6.45) is -0.263. The monoisotopic (exact) mass is 306 g/mol. The quantitative estimate of drug-likeness (QED) is 0.806. The molecule has 0 spiro atoms. The average Bonchev–Trinajstić information content (AvgIpc) is 2.82. The lowest BCUT2D eigenvalue weighted by atomic mass is 9.49. The maximum atomic E-state index is 12.5. The molecule has 2 bridgehead atoms. The van der Waals surface area contributed by atoms with Gasteiger partial charge in [-0.15, -0.1) is 0 Å². The van der Waals surface area contributed by atoms with Crippen LogP contribution in [-0.2, 0) is 4.79 Å². The molecule has 0 unspecified atom stereocenters. The van der Waals surface area contributed by atoms with Crippen LogP contribution in [0.3, 0.4) is 0 Å². The first kappa shape index (κ1) is 15.0. The molecule has 6 heteroatoms. The number of carbonyl (C=O) groups excluding carboxylic acids is 1. The van der Waals surface area contributed by atoms with Crippen molar-refractivity contribution in [3.8, 4) is 18.2 Å². The minimum absolute atomic E-state index is 0.263. The molecule has 1 heterocycles. The molecule has 1 saturated heterocycles. The van der Waals surface area contributed by atoms with Crippen molar-refractivity contribution in [1.82, 2.24) is 5.32 Å². The molecule has 2 fully saturated rings. The Labute approximate surface area is 133 Å². The number of amides is 1. The fraction of sp³-hybridized carbons (Fsp3) is 0.412. The van der Waals surface area contributed by atoms with Gasteiger partial charge in [-0.2, -0.15) is 15.8 Å². The predicted octanol–water partition coefficient (Wildman–Crippen LogP) is 1.17. The second-order valence-corrected chi connectivity index (χ2v) is 6.28. The first-order valence-electron chi connectivity index (χ1n) is 7.24. The minimum atomic E-state index is -1.89. The van der Waals surface area contributed by atoms with Crippen LogP contribution < -0.4 is 5.32 Å². The molecule has 1 saturated carbocycles. The van der Waals surface area contributed by atoms with Crippen LogP contribution in [0.15, 0.2) is 30.3 Å². The number of benzene rings is 1. The molecule has 2 aliphatic rings. The number of nitrogens with one attached hydrogen (secondary N) is 1. The summed E-state index contributed by atoms with van der Waals surface area (Å²) in [7, 11) is 0. The van der Waals surface area contributed by atoms with Gasteiger partial charge in [0.1, 0.15) is 5.72 Å². The molecule has 1 aromatic rings. The summed E-state index contributed by atoms with van der Waals surface area (Å²) in [6, 6.07) is 14.6. The molecular weight excluding hydrogens is 292 g/mol. The molecule has 1 aliphatic carbocycles. The summed E-state index contributed by atoms with van der Waals surface area (Å²) in [6.45, 7) is 1.69. The second-order valence-electron chi connectivity index (χ2n) is 6.28. The van der Waals surface area contributed by atoms with Gasteiger partial charge in [0.25, 0.3) is 0 Å². The van der Waals surface area contributed by atoms with Gasteiger partial charge in [-0.3, -0.25) is 4.79 Å². The summed E-state index contributed by atoms with van der Waals surface area (Å²) in [4.78, 5) is 12.5. The van der Waals surface area contributed by atoms with Crippen LogP contribution in [-0.4, -0.2) is 16.7 Å². The number of hydrogen-bond acceptors (Lipinski definition) is 5. The Kier molecular flexibility index (Phi) is 2.98. The van der Waals surface area contributed by atoms with Crippen LogP contribution in [0.5, 0.6) is 0 Å². The van der Waals surface area contributed by atoms with Crippen LogP contribution in [0.25, 0.3) is 0 Å². The summed E-state index contributed by atoms with van der Waals surface area (Å²) in [5.41, 5.74) is -4.71. The lowest BCUT2D eigenvalue weighted by molar-refractivity contribution is -0.128. The number of carbonyl (C=O) groups is 1. The highest BCUT2D eigenvalue weighted by Crippen LogP contribution is 2.64. The SMILES string of the molecule is C[C@H]1[C@H](c2ccccc2)C(C#N)(C#N)[C@@]2(C#N)C[C@]1(O)NC2=O. The zero-order valence-corrected chi connectivity index (χ0v) is 12.4. The summed E-state index contributed by atoms with van der Waals surface area (Å²) >= 11 is 0. The largest absolute Gasteiger partial charge is 0.371 e. The Morgan fingerprint density at radius 3 is 2.30 bits per heavy atom. The minimum Gasteiger partial charge on any atom is -0.371 e. The fourth-order valence-electron chi connectivity index (χ4n) is 4.07. The van der Waals surface area contributed by atoms with Crippen molar-refractivity contribution in [2.75, 3.05) is 0 Å². The molecule has 6 nitrogen and oxygen atoms in total. The van der Waals surface area contributed by atoms with Gasteiger partial charge in [0.2, 0.25) is 5.91 Å². The lowest BCUT2D eigenvalue weighted by Gasteiger charge is -2.48. The van der Waals surface area contributed by atoms with E-state index in [0.717, 1.165) is 0 Å². The topological polar surface area (TPSA) is 121 Å². The Hall–Kier alpha value is -2.88. The number of hydrogen-bond donors (Lipinski definition) is 2. The van der Waals surface area contributed by atoms with Crippen LogP contribution in [0.2, 0.25) is 0 Å². The van der Waals surface area contributed by atoms with E-state index in [4.69, 9.17) is 0 Å². The van der Waals surface area contributed by atoms with Gasteiger partial charge in [-0.05, 0) is 5.56 Å². The molecule has 0 aromatic heterocycles. The fourth-order valence-corrected chi connectivity index (χ4v) is 4.07. The smallest absolute Gasteiger partial charge is 0.245 e. The third-order valence-corrected chi connectivity index (χ3v) is 5.35. The molecule has 3 rings (SSSR count). The standard InChI is InChI=1S/C17H14N4O2/c1-11-13(12-5-3-2-4-6-12)16(9-19,10-20)15(8-18)7-17(11,23)21-14(15)22/h2-6,11,13,23H,7H2,1H3,(H,21,22)/t11-,13+,15+,17+/m0/s1. The Morgan fingerprint density at radius 2 is 1.78 bits per heavy atom. The number of fused-ring (bicyclic) bond motifs is 2. The molecule has 4 atom stereocenters. The molecule has 2 N–H and O–H groups in total. The highest BCUT2D eigenvalue weighted by atomic mass is 16.3. The predicted molar refractivity (Wildman–Crippen MR) is 77.8 cm³/mol. The van der Waals surface area contributed by atoms with Crippen molar-refractivity contribution in [1.29, 1.82) is 15.8 Å². The van der Waals surface area contributed by atoms with Gasteiger partial charge in [0.15, 0.2) is 10.8 Å². The molecular formula is C17H14N4O2. The average molecular weight is 306 g/mol. The van der Waals surface area contributed by atoms with E-state index in [-0.39, 0.29) is 6.42 Å². The number of rotatable bonds is 1. The van der Waals surface area contributed by atoms with Crippen LogP contribution in [0.4, 0.5) is 0 Å². The Bertz CT molecular complexity index is 787. The molecule has 0 radical (unpaired) electrons. The van der Waals surface area contributed by atoms with E-state index in [9.17, 15) is 25.7 Å². The van der Waals surface area contributed by atoms with Crippen LogP contribution >= 0.6 is 0 Å². The second kappa shape index (κ2) is 4.56. The normalized spacial score (nSPS) is 37.1. The first-order chi connectivity index (χ1) is 10.9. The van der Waals surface area contributed by atoms with E-state index in [1.165, 1.54) is 0 Å². The summed E-state index contributed by atoms with van der Waals surface area (Å²) < 4.78 is 0. The van der Waals surface area contributed by atoms with Crippen molar-refractivity contribution in [3.05, 3.63) is 35.9 Å². The Balaban J connectivity index is 2.35. The molecule has 1 amide bonds. The van der Waals surface area contributed by atoms with Gasteiger partial charge in [0, 0.05) is 18.3 Å². The van der Waals surface area contributed by atoms with Gasteiger partial charge < -0.3 is 10.4 Å². The third-order valence-electron chi connectivity index (χ3n) is 5.35. The Morgan fingerprint density at radius 1 is 1.17 bits per heavy atom. The highest BCUT2D eigenvalue weighted by molar-refractivity contribution is 5.92. The molecule has 114 valence electrons. The van der Waals surface area contributed by atoms with Gasteiger partial charge >= 0.3 is 0 Å². The van der Waals surface area contributed by atoms with E-state index in [1.54, 1.807) is 37.3 Å². The number of nitriles is 3. The van der Waals surface area contributed by atoms with E-state index in [2.05, 4.69) is 5.32 Å². The van der Waals surface area contributed by atoms with E-state index in [0.29, 0.717) is 5.56 Å². The van der Waals surface area contributed by atoms with Crippen LogP contribution in [0, 0.1) is 50.7 Å².